The molecule has 0 radical (unpaired) electrons. The fourth-order valence-corrected chi connectivity index (χ4v) is 4.68. The molecule has 28 heavy (non-hydrogen) atoms. The SMILES string of the molecule is CN=C(NCC1(N(C)C)CCOCC1)NC1CCN(C(=O)C2CCCC2)C1.I. The predicted molar refractivity (Wildman–Crippen MR) is 123 cm³/mol. The largest absolute Gasteiger partial charge is 0.381 e. The van der Waals surface area contributed by atoms with Gasteiger partial charge in [0.05, 0.1) is 0 Å². The zero-order valence-electron chi connectivity index (χ0n) is 17.7. The average molecular weight is 507 g/mol. The molecule has 1 aliphatic carbocycles. The number of likely N-dealkylation sites (tertiary alicyclic amines) is 1. The maximum atomic E-state index is 12.6. The van der Waals surface area contributed by atoms with Crippen molar-refractivity contribution in [1.29, 1.82) is 0 Å². The van der Waals surface area contributed by atoms with Gasteiger partial charge < -0.3 is 25.2 Å². The number of rotatable bonds is 5. The highest BCUT2D eigenvalue weighted by molar-refractivity contribution is 14.0. The predicted octanol–water partition coefficient (Wildman–Crippen LogP) is 1.67. The average Bonchev–Trinajstić information content (AvgIpc) is 3.37. The number of likely N-dealkylation sites (N-methyl/N-ethyl adjacent to an activating group) is 1. The number of nitrogens with zero attached hydrogens (tertiary/aromatic N) is 3. The number of hydrogen-bond donors (Lipinski definition) is 2. The van der Waals surface area contributed by atoms with E-state index < -0.39 is 0 Å². The lowest BCUT2D eigenvalue weighted by molar-refractivity contribution is -0.134. The van der Waals surface area contributed by atoms with Gasteiger partial charge in [-0.15, -0.1) is 24.0 Å². The summed E-state index contributed by atoms with van der Waals surface area (Å²) in [5.41, 5.74) is 0.107. The van der Waals surface area contributed by atoms with Crippen molar-refractivity contribution in [3.8, 4) is 0 Å². The van der Waals surface area contributed by atoms with E-state index in [2.05, 4.69) is 39.5 Å². The second-order valence-electron chi connectivity index (χ2n) is 8.55. The molecule has 0 spiro atoms. The Morgan fingerprint density at radius 3 is 2.50 bits per heavy atom. The monoisotopic (exact) mass is 507 g/mol. The smallest absolute Gasteiger partial charge is 0.225 e. The first-order valence-electron chi connectivity index (χ1n) is 10.6. The Hall–Kier alpha value is -0.610. The number of ether oxygens (including phenoxy) is 1. The van der Waals surface area contributed by atoms with Gasteiger partial charge in [-0.2, -0.15) is 0 Å². The number of halogens is 1. The van der Waals surface area contributed by atoms with E-state index in [4.69, 9.17) is 4.74 Å². The number of carbonyl (C=O) groups excluding carboxylic acids is 1. The van der Waals surface area contributed by atoms with Gasteiger partial charge in [0.2, 0.25) is 5.91 Å². The summed E-state index contributed by atoms with van der Waals surface area (Å²) in [7, 11) is 6.11. The van der Waals surface area contributed by atoms with Crippen LogP contribution in [0.4, 0.5) is 0 Å². The van der Waals surface area contributed by atoms with E-state index in [1.807, 2.05) is 7.05 Å². The van der Waals surface area contributed by atoms with Crippen LogP contribution in [0.25, 0.3) is 0 Å². The Labute approximate surface area is 187 Å². The van der Waals surface area contributed by atoms with Crippen LogP contribution in [0.5, 0.6) is 0 Å². The van der Waals surface area contributed by atoms with Crippen LogP contribution in [0, 0.1) is 5.92 Å². The molecule has 0 aromatic heterocycles. The molecule has 1 atom stereocenters. The van der Waals surface area contributed by atoms with Crippen molar-refractivity contribution >= 4 is 35.8 Å². The number of amides is 1. The van der Waals surface area contributed by atoms with E-state index in [1.165, 1.54) is 12.8 Å². The first-order chi connectivity index (χ1) is 13.0. The molecule has 2 N–H and O–H groups in total. The highest BCUT2D eigenvalue weighted by Gasteiger charge is 2.36. The topological polar surface area (TPSA) is 69.2 Å². The zero-order valence-corrected chi connectivity index (χ0v) is 20.0. The first kappa shape index (κ1) is 23.7. The van der Waals surface area contributed by atoms with Crippen LogP contribution in [-0.4, -0.2) is 87.2 Å². The molecule has 3 fully saturated rings. The van der Waals surface area contributed by atoms with Gasteiger partial charge in [0.25, 0.3) is 0 Å². The lowest BCUT2D eigenvalue weighted by atomic mass is 9.88. The summed E-state index contributed by atoms with van der Waals surface area (Å²) in [5.74, 6) is 1.48. The summed E-state index contributed by atoms with van der Waals surface area (Å²) >= 11 is 0. The summed E-state index contributed by atoms with van der Waals surface area (Å²) in [4.78, 5) is 21.4. The van der Waals surface area contributed by atoms with Crippen LogP contribution in [0.1, 0.15) is 44.9 Å². The van der Waals surface area contributed by atoms with Crippen molar-refractivity contribution in [3.63, 3.8) is 0 Å². The van der Waals surface area contributed by atoms with E-state index in [1.54, 1.807) is 0 Å². The van der Waals surface area contributed by atoms with Crippen LogP contribution in [-0.2, 0) is 9.53 Å². The fraction of sp³-hybridized carbons (Fsp3) is 0.900. The van der Waals surface area contributed by atoms with Crippen LogP contribution in [0.3, 0.4) is 0 Å². The van der Waals surface area contributed by atoms with Crippen molar-refractivity contribution in [3.05, 3.63) is 0 Å². The molecule has 1 amide bonds. The number of guanidine groups is 1. The molecular formula is C20H38IN5O2. The summed E-state index contributed by atoms with van der Waals surface area (Å²) in [6.45, 7) is 4.13. The molecule has 2 heterocycles. The van der Waals surface area contributed by atoms with Crippen molar-refractivity contribution < 1.29 is 9.53 Å². The van der Waals surface area contributed by atoms with Crippen molar-refractivity contribution in [2.24, 2.45) is 10.9 Å². The lowest BCUT2D eigenvalue weighted by Gasteiger charge is -2.43. The van der Waals surface area contributed by atoms with E-state index >= 15 is 0 Å². The minimum absolute atomic E-state index is 0. The molecule has 1 unspecified atom stereocenters. The van der Waals surface area contributed by atoms with E-state index in [9.17, 15) is 4.79 Å². The Kier molecular flexibility index (Phi) is 9.27. The quantitative estimate of drug-likeness (QED) is 0.337. The third-order valence-corrected chi connectivity index (χ3v) is 6.73. The van der Waals surface area contributed by atoms with Gasteiger partial charge in [-0.1, -0.05) is 12.8 Å². The summed E-state index contributed by atoms with van der Waals surface area (Å²) < 4.78 is 5.55. The highest BCUT2D eigenvalue weighted by Crippen LogP contribution is 2.28. The third kappa shape index (κ3) is 5.72. The summed E-state index contributed by atoms with van der Waals surface area (Å²) in [5, 5.41) is 7.06. The zero-order chi connectivity index (χ0) is 19.3. The second kappa shape index (κ2) is 11.0. The second-order valence-corrected chi connectivity index (χ2v) is 8.55. The van der Waals surface area contributed by atoms with Crippen LogP contribution in [0.2, 0.25) is 0 Å². The number of aliphatic imine (C=N–C) groups is 1. The summed E-state index contributed by atoms with van der Waals surface area (Å²) in [6, 6.07) is 0.284. The van der Waals surface area contributed by atoms with Gasteiger partial charge in [0, 0.05) is 57.4 Å². The molecular weight excluding hydrogens is 469 g/mol. The van der Waals surface area contributed by atoms with Crippen molar-refractivity contribution in [2.75, 3.05) is 54.0 Å². The summed E-state index contributed by atoms with van der Waals surface area (Å²) in [6.07, 6.45) is 7.61. The van der Waals surface area contributed by atoms with Gasteiger partial charge >= 0.3 is 0 Å². The maximum Gasteiger partial charge on any atom is 0.225 e. The van der Waals surface area contributed by atoms with Crippen molar-refractivity contribution in [1.82, 2.24) is 20.4 Å². The Morgan fingerprint density at radius 1 is 1.21 bits per heavy atom. The molecule has 3 rings (SSSR count). The molecule has 2 aliphatic heterocycles. The van der Waals surface area contributed by atoms with Gasteiger partial charge in [0.15, 0.2) is 5.96 Å². The lowest BCUT2D eigenvalue weighted by Crippen LogP contribution is -2.57. The molecule has 0 aromatic carbocycles. The van der Waals surface area contributed by atoms with Crippen LogP contribution in [0.15, 0.2) is 4.99 Å². The van der Waals surface area contributed by atoms with Gasteiger partial charge in [-0.05, 0) is 46.2 Å². The Morgan fingerprint density at radius 2 is 1.89 bits per heavy atom. The highest BCUT2D eigenvalue weighted by atomic mass is 127. The molecule has 0 bridgehead atoms. The number of hydrogen-bond acceptors (Lipinski definition) is 4. The minimum atomic E-state index is 0. The standard InChI is InChI=1S/C20H37N5O2.HI/c1-21-19(22-15-20(24(2)3)9-12-27-13-10-20)23-17-8-11-25(14-17)18(26)16-6-4-5-7-16;/h16-17H,4-15H2,1-3H3,(H2,21,22,23);1H. The Bertz CT molecular complexity index is 531. The van der Waals surface area contributed by atoms with E-state index in [0.717, 1.165) is 70.9 Å². The molecule has 0 aromatic rings. The van der Waals surface area contributed by atoms with Crippen LogP contribution >= 0.6 is 24.0 Å². The first-order valence-corrected chi connectivity index (χ1v) is 10.6. The van der Waals surface area contributed by atoms with E-state index in [-0.39, 0.29) is 41.5 Å². The third-order valence-electron chi connectivity index (χ3n) is 6.73. The van der Waals surface area contributed by atoms with Gasteiger partial charge in [-0.3, -0.25) is 9.79 Å². The molecule has 8 heteroatoms. The molecule has 2 saturated heterocycles. The van der Waals surface area contributed by atoms with Gasteiger partial charge in [0.1, 0.15) is 0 Å². The fourth-order valence-electron chi connectivity index (χ4n) is 4.68. The normalized spacial score (nSPS) is 25.6. The number of nitrogens with one attached hydrogen (secondary N) is 2. The maximum absolute atomic E-state index is 12.6. The van der Waals surface area contributed by atoms with Crippen molar-refractivity contribution in [2.45, 2.75) is 56.5 Å². The van der Waals surface area contributed by atoms with E-state index in [0.29, 0.717) is 5.91 Å². The number of carbonyl (C=O) groups is 1. The Balaban J connectivity index is 0.00000280. The molecule has 162 valence electrons. The van der Waals surface area contributed by atoms with Crippen LogP contribution < -0.4 is 10.6 Å². The molecule has 7 nitrogen and oxygen atoms in total. The molecule has 1 saturated carbocycles. The van der Waals surface area contributed by atoms with Gasteiger partial charge in [-0.25, -0.2) is 0 Å². The minimum Gasteiger partial charge on any atom is -0.381 e. The molecule has 3 aliphatic rings.